The standard InChI is InChI=1S/C18H16N2O2S/c1-10-4-2-5-11-6-3-7-12(15(10)11)14-9-8-13-16(21)19-18(23)20-17(13)22-14/h2-7,14H,8-9H2,1H3,(H2,19,20,21,23). The number of hydrogen-bond donors (Lipinski definition) is 2. The van der Waals surface area contributed by atoms with Crippen molar-refractivity contribution in [3.05, 3.63) is 68.2 Å². The lowest BCUT2D eigenvalue weighted by atomic mass is 9.93. The third kappa shape index (κ3) is 2.37. The van der Waals surface area contributed by atoms with Gasteiger partial charge in [-0.25, -0.2) is 0 Å². The smallest absolute Gasteiger partial charge is 0.258 e. The Balaban J connectivity index is 1.84. The molecule has 1 atom stereocenters. The summed E-state index contributed by atoms with van der Waals surface area (Å²) in [5.41, 5.74) is 2.88. The molecule has 116 valence electrons. The molecule has 2 N–H and O–H groups in total. The second-order valence-corrected chi connectivity index (χ2v) is 6.29. The highest BCUT2D eigenvalue weighted by molar-refractivity contribution is 7.71. The van der Waals surface area contributed by atoms with Gasteiger partial charge >= 0.3 is 0 Å². The molecule has 0 spiro atoms. The van der Waals surface area contributed by atoms with Gasteiger partial charge in [0.15, 0.2) is 4.77 Å². The zero-order chi connectivity index (χ0) is 16.0. The molecule has 5 heteroatoms. The van der Waals surface area contributed by atoms with Crippen molar-refractivity contribution in [1.29, 1.82) is 0 Å². The minimum absolute atomic E-state index is 0.0836. The summed E-state index contributed by atoms with van der Waals surface area (Å²) in [4.78, 5) is 17.6. The van der Waals surface area contributed by atoms with Crippen LogP contribution in [0.4, 0.5) is 0 Å². The molecule has 1 unspecified atom stereocenters. The van der Waals surface area contributed by atoms with Crippen molar-refractivity contribution < 1.29 is 4.74 Å². The lowest BCUT2D eigenvalue weighted by Crippen LogP contribution is -2.24. The Bertz CT molecular complexity index is 1010. The molecule has 1 aromatic heterocycles. The SMILES string of the molecule is Cc1cccc2cccc(C3CCc4c([nH]c(=S)[nH]c4=O)O3)c12. The Morgan fingerprint density at radius 3 is 2.78 bits per heavy atom. The van der Waals surface area contributed by atoms with Crippen LogP contribution in [0.5, 0.6) is 5.88 Å². The Kier molecular flexibility index (Phi) is 3.31. The number of aromatic nitrogens is 2. The highest BCUT2D eigenvalue weighted by atomic mass is 32.1. The molecular weight excluding hydrogens is 308 g/mol. The van der Waals surface area contributed by atoms with E-state index >= 15 is 0 Å². The number of hydrogen-bond acceptors (Lipinski definition) is 3. The van der Waals surface area contributed by atoms with E-state index in [0.29, 0.717) is 22.6 Å². The van der Waals surface area contributed by atoms with E-state index in [-0.39, 0.29) is 11.7 Å². The number of benzene rings is 2. The first-order valence-electron chi connectivity index (χ1n) is 7.64. The molecule has 2 aromatic carbocycles. The minimum Gasteiger partial charge on any atom is -0.470 e. The average molecular weight is 324 g/mol. The average Bonchev–Trinajstić information content (AvgIpc) is 2.54. The molecule has 23 heavy (non-hydrogen) atoms. The topological polar surface area (TPSA) is 57.9 Å². The number of fused-ring (bicyclic) bond motifs is 2. The Labute approximate surface area is 138 Å². The van der Waals surface area contributed by atoms with E-state index < -0.39 is 0 Å². The van der Waals surface area contributed by atoms with E-state index in [4.69, 9.17) is 17.0 Å². The van der Waals surface area contributed by atoms with Crippen molar-refractivity contribution in [2.75, 3.05) is 0 Å². The lowest BCUT2D eigenvalue weighted by Gasteiger charge is -2.26. The molecule has 0 fully saturated rings. The van der Waals surface area contributed by atoms with Crippen LogP contribution in [0.1, 0.15) is 29.2 Å². The summed E-state index contributed by atoms with van der Waals surface area (Å²) < 4.78 is 6.40. The molecule has 0 aliphatic carbocycles. The molecular formula is C18H16N2O2S. The van der Waals surface area contributed by atoms with Crippen LogP contribution in [0.2, 0.25) is 0 Å². The maximum Gasteiger partial charge on any atom is 0.258 e. The fraction of sp³-hybridized carbons (Fsp3) is 0.222. The monoisotopic (exact) mass is 324 g/mol. The summed E-state index contributed by atoms with van der Waals surface area (Å²) in [7, 11) is 0. The zero-order valence-corrected chi connectivity index (χ0v) is 13.5. The summed E-state index contributed by atoms with van der Waals surface area (Å²) in [6.07, 6.45) is 1.36. The summed E-state index contributed by atoms with van der Waals surface area (Å²) in [5, 5.41) is 2.43. The van der Waals surface area contributed by atoms with Crippen LogP contribution in [0, 0.1) is 11.7 Å². The number of ether oxygens (including phenoxy) is 1. The van der Waals surface area contributed by atoms with Gasteiger partial charge in [-0.1, -0.05) is 36.4 Å². The fourth-order valence-corrected chi connectivity index (χ4v) is 3.53. The predicted molar refractivity (Wildman–Crippen MR) is 92.6 cm³/mol. The number of rotatable bonds is 1. The van der Waals surface area contributed by atoms with Gasteiger partial charge in [0.25, 0.3) is 5.56 Å². The quantitative estimate of drug-likeness (QED) is 0.666. The first-order valence-corrected chi connectivity index (χ1v) is 8.04. The van der Waals surface area contributed by atoms with E-state index in [1.54, 1.807) is 0 Å². The normalized spacial score (nSPS) is 16.8. The van der Waals surface area contributed by atoms with Crippen molar-refractivity contribution in [2.45, 2.75) is 25.9 Å². The van der Waals surface area contributed by atoms with Crippen LogP contribution < -0.4 is 10.3 Å². The third-order valence-corrected chi connectivity index (χ3v) is 4.62. The van der Waals surface area contributed by atoms with Crippen molar-refractivity contribution in [3.63, 3.8) is 0 Å². The molecule has 2 heterocycles. The van der Waals surface area contributed by atoms with Crippen molar-refractivity contribution in [2.24, 2.45) is 0 Å². The van der Waals surface area contributed by atoms with Crippen molar-refractivity contribution in [1.82, 2.24) is 9.97 Å². The second kappa shape index (κ2) is 5.35. The number of aryl methyl sites for hydroxylation is 1. The van der Waals surface area contributed by atoms with Crippen molar-refractivity contribution >= 4 is 23.0 Å². The lowest BCUT2D eigenvalue weighted by molar-refractivity contribution is 0.168. The van der Waals surface area contributed by atoms with Gasteiger partial charge in [0.05, 0.1) is 5.56 Å². The first-order chi connectivity index (χ1) is 11.1. The molecule has 1 aliphatic rings. The van der Waals surface area contributed by atoms with Crippen LogP contribution >= 0.6 is 12.2 Å². The molecule has 0 radical (unpaired) electrons. The van der Waals surface area contributed by atoms with E-state index in [2.05, 4.69) is 53.3 Å². The van der Waals surface area contributed by atoms with E-state index in [1.807, 2.05) is 0 Å². The van der Waals surface area contributed by atoms with Gasteiger partial charge in [-0.2, -0.15) is 0 Å². The summed E-state index contributed by atoms with van der Waals surface area (Å²) >= 11 is 5.05. The second-order valence-electron chi connectivity index (χ2n) is 5.88. The Hall–Kier alpha value is -2.40. The van der Waals surface area contributed by atoms with Gasteiger partial charge in [0, 0.05) is 5.56 Å². The minimum atomic E-state index is -0.156. The fourth-order valence-electron chi connectivity index (χ4n) is 3.35. The maximum absolute atomic E-state index is 12.0. The summed E-state index contributed by atoms with van der Waals surface area (Å²) in [6.45, 7) is 2.11. The van der Waals surface area contributed by atoms with Crippen LogP contribution in [0.25, 0.3) is 10.8 Å². The molecule has 1 aliphatic heterocycles. The largest absolute Gasteiger partial charge is 0.470 e. The van der Waals surface area contributed by atoms with Gasteiger partial charge in [0.2, 0.25) is 5.88 Å². The van der Waals surface area contributed by atoms with E-state index in [1.165, 1.54) is 16.3 Å². The summed E-state index contributed by atoms with van der Waals surface area (Å²) in [5.74, 6) is 0.501. The Morgan fingerprint density at radius 2 is 1.96 bits per heavy atom. The van der Waals surface area contributed by atoms with Crippen molar-refractivity contribution in [3.8, 4) is 5.88 Å². The zero-order valence-electron chi connectivity index (χ0n) is 12.7. The summed E-state index contributed by atoms with van der Waals surface area (Å²) in [6, 6.07) is 12.6. The molecule has 0 bridgehead atoms. The van der Waals surface area contributed by atoms with Crippen LogP contribution in [-0.4, -0.2) is 9.97 Å². The number of H-pyrrole nitrogens is 2. The molecule has 4 rings (SSSR count). The van der Waals surface area contributed by atoms with Gasteiger partial charge in [-0.3, -0.25) is 9.78 Å². The highest BCUT2D eigenvalue weighted by Crippen LogP contribution is 2.36. The van der Waals surface area contributed by atoms with Gasteiger partial charge in [-0.05, 0) is 48.3 Å². The van der Waals surface area contributed by atoms with Gasteiger partial charge in [-0.15, -0.1) is 0 Å². The van der Waals surface area contributed by atoms with Crippen LogP contribution in [-0.2, 0) is 6.42 Å². The molecule has 0 amide bonds. The van der Waals surface area contributed by atoms with Gasteiger partial charge < -0.3 is 9.72 Å². The Morgan fingerprint density at radius 1 is 1.17 bits per heavy atom. The van der Waals surface area contributed by atoms with Crippen LogP contribution in [0.15, 0.2) is 41.2 Å². The molecule has 3 aromatic rings. The first kappa shape index (κ1) is 14.2. The maximum atomic E-state index is 12.0. The molecule has 0 saturated heterocycles. The molecule has 0 saturated carbocycles. The van der Waals surface area contributed by atoms with E-state index in [0.717, 1.165) is 12.0 Å². The highest BCUT2D eigenvalue weighted by Gasteiger charge is 2.25. The number of aromatic amines is 2. The molecule has 4 nitrogen and oxygen atoms in total. The van der Waals surface area contributed by atoms with Gasteiger partial charge in [0.1, 0.15) is 6.10 Å². The number of nitrogens with one attached hydrogen (secondary N) is 2. The third-order valence-electron chi connectivity index (χ3n) is 4.41. The predicted octanol–water partition coefficient (Wildman–Crippen LogP) is 3.96. The van der Waals surface area contributed by atoms with Crippen LogP contribution in [0.3, 0.4) is 0 Å². The van der Waals surface area contributed by atoms with E-state index in [9.17, 15) is 4.79 Å².